The van der Waals surface area contributed by atoms with Crippen molar-refractivity contribution in [1.82, 2.24) is 0 Å². The van der Waals surface area contributed by atoms with Crippen molar-refractivity contribution in [3.8, 4) is 0 Å². The van der Waals surface area contributed by atoms with Gasteiger partial charge in [-0.15, -0.1) is 0 Å². The van der Waals surface area contributed by atoms with Gasteiger partial charge in [0.05, 0.1) is 17.1 Å². The molecule has 1 saturated heterocycles. The van der Waals surface area contributed by atoms with Crippen LogP contribution in [0.1, 0.15) is 28.8 Å². The average Bonchev–Trinajstić information content (AvgIpc) is 3.39. The second-order valence-corrected chi connectivity index (χ2v) is 10.9. The predicted octanol–water partition coefficient (Wildman–Crippen LogP) is 5.46. The van der Waals surface area contributed by atoms with Gasteiger partial charge in [0.2, 0.25) is 5.91 Å². The molecule has 1 heterocycles. The summed E-state index contributed by atoms with van der Waals surface area (Å²) in [6, 6.07) is 31.4. The van der Waals surface area contributed by atoms with Crippen molar-refractivity contribution in [1.29, 1.82) is 0 Å². The highest BCUT2D eigenvalue weighted by molar-refractivity contribution is 7.92. The Morgan fingerprint density at radius 3 is 2.05 bits per heavy atom. The summed E-state index contributed by atoms with van der Waals surface area (Å²) < 4.78 is 28.3. The van der Waals surface area contributed by atoms with Crippen molar-refractivity contribution in [3.05, 3.63) is 120 Å². The number of nitrogens with one attached hydrogen (secondary N) is 1. The molecule has 1 aliphatic rings. The SMILES string of the molecule is O=C(Nc1ccc(N2CCCC2=O)cc1)c1ccc(CN(c2ccccc2)S(=O)(=O)c2ccccc2)cc1. The first-order valence-electron chi connectivity index (χ1n) is 12.4. The topological polar surface area (TPSA) is 86.8 Å². The molecule has 0 unspecified atom stereocenters. The molecule has 2 amide bonds. The second kappa shape index (κ2) is 10.9. The third kappa shape index (κ3) is 5.45. The number of anilines is 3. The first kappa shape index (κ1) is 25.2. The molecule has 7 nitrogen and oxygen atoms in total. The van der Waals surface area contributed by atoms with Crippen molar-refractivity contribution in [2.75, 3.05) is 21.1 Å². The largest absolute Gasteiger partial charge is 0.322 e. The maximum absolute atomic E-state index is 13.5. The number of nitrogens with zero attached hydrogens (tertiary/aromatic N) is 2. The fraction of sp³-hybridized carbons (Fsp3) is 0.133. The van der Waals surface area contributed by atoms with Crippen molar-refractivity contribution in [3.63, 3.8) is 0 Å². The van der Waals surface area contributed by atoms with E-state index in [1.54, 1.807) is 95.9 Å². The fourth-order valence-corrected chi connectivity index (χ4v) is 5.88. The number of carbonyl (C=O) groups excluding carboxylic acids is 2. The van der Waals surface area contributed by atoms with E-state index < -0.39 is 10.0 Å². The Balaban J connectivity index is 1.30. The highest BCUT2D eigenvalue weighted by Crippen LogP contribution is 2.26. The lowest BCUT2D eigenvalue weighted by Gasteiger charge is -2.25. The van der Waals surface area contributed by atoms with Crippen LogP contribution in [0.2, 0.25) is 0 Å². The summed E-state index contributed by atoms with van der Waals surface area (Å²) >= 11 is 0. The molecule has 0 aromatic heterocycles. The zero-order valence-electron chi connectivity index (χ0n) is 20.7. The number of hydrogen-bond acceptors (Lipinski definition) is 4. The molecule has 38 heavy (non-hydrogen) atoms. The molecule has 4 aromatic rings. The van der Waals surface area contributed by atoms with Crippen molar-refractivity contribution >= 4 is 38.9 Å². The lowest BCUT2D eigenvalue weighted by atomic mass is 10.1. The lowest BCUT2D eigenvalue weighted by Crippen LogP contribution is -2.30. The molecule has 0 saturated carbocycles. The summed E-state index contributed by atoms with van der Waals surface area (Å²) in [6.07, 6.45) is 1.42. The van der Waals surface area contributed by atoms with Crippen LogP contribution in [0.15, 0.2) is 114 Å². The first-order chi connectivity index (χ1) is 18.4. The van der Waals surface area contributed by atoms with Gasteiger partial charge in [-0.25, -0.2) is 8.42 Å². The van der Waals surface area contributed by atoms with Crippen LogP contribution in [0.4, 0.5) is 17.1 Å². The molecule has 0 aliphatic carbocycles. The van der Waals surface area contributed by atoms with Gasteiger partial charge < -0.3 is 10.2 Å². The number of hydrogen-bond donors (Lipinski definition) is 1. The zero-order chi connectivity index (χ0) is 26.5. The van der Waals surface area contributed by atoms with E-state index in [0.717, 1.165) is 17.7 Å². The van der Waals surface area contributed by atoms with Crippen LogP contribution in [0.5, 0.6) is 0 Å². The Labute approximate surface area is 222 Å². The van der Waals surface area contributed by atoms with E-state index in [9.17, 15) is 18.0 Å². The molecule has 0 spiro atoms. The van der Waals surface area contributed by atoms with E-state index in [2.05, 4.69) is 5.32 Å². The van der Waals surface area contributed by atoms with Crippen molar-refractivity contribution in [2.45, 2.75) is 24.3 Å². The number of benzene rings is 4. The van der Waals surface area contributed by atoms with Crippen LogP contribution >= 0.6 is 0 Å². The van der Waals surface area contributed by atoms with Crippen molar-refractivity contribution < 1.29 is 18.0 Å². The summed E-state index contributed by atoms with van der Waals surface area (Å²) in [5.74, 6) is -0.164. The molecule has 1 aliphatic heterocycles. The summed E-state index contributed by atoms with van der Waals surface area (Å²) in [5, 5.41) is 2.87. The van der Waals surface area contributed by atoms with Crippen LogP contribution in [-0.2, 0) is 21.4 Å². The van der Waals surface area contributed by atoms with E-state index in [0.29, 0.717) is 29.9 Å². The Morgan fingerprint density at radius 1 is 0.816 bits per heavy atom. The van der Waals surface area contributed by atoms with E-state index in [-0.39, 0.29) is 23.3 Å². The lowest BCUT2D eigenvalue weighted by molar-refractivity contribution is -0.117. The third-order valence-corrected chi connectivity index (χ3v) is 8.22. The Kier molecular flexibility index (Phi) is 7.24. The third-order valence-electron chi connectivity index (χ3n) is 6.43. The number of carbonyl (C=O) groups is 2. The Bertz CT molecular complexity index is 1520. The van der Waals surface area contributed by atoms with Crippen molar-refractivity contribution in [2.24, 2.45) is 0 Å². The van der Waals surface area contributed by atoms with Gasteiger partial charge >= 0.3 is 0 Å². The van der Waals surface area contributed by atoms with Crippen LogP contribution < -0.4 is 14.5 Å². The van der Waals surface area contributed by atoms with Crippen LogP contribution in [-0.4, -0.2) is 26.8 Å². The molecule has 1 N–H and O–H groups in total. The van der Waals surface area contributed by atoms with Gasteiger partial charge in [0, 0.05) is 29.9 Å². The molecule has 0 radical (unpaired) electrons. The minimum Gasteiger partial charge on any atom is -0.322 e. The molecule has 8 heteroatoms. The first-order valence-corrected chi connectivity index (χ1v) is 13.8. The minimum atomic E-state index is -3.80. The van der Waals surface area contributed by atoms with E-state index >= 15 is 0 Å². The van der Waals surface area contributed by atoms with Gasteiger partial charge in [-0.05, 0) is 72.6 Å². The molecular formula is C30H27N3O4S. The van der Waals surface area contributed by atoms with Crippen LogP contribution in [0.3, 0.4) is 0 Å². The molecular weight excluding hydrogens is 498 g/mol. The van der Waals surface area contributed by atoms with Gasteiger partial charge in [0.25, 0.3) is 15.9 Å². The van der Waals surface area contributed by atoms with Crippen LogP contribution in [0, 0.1) is 0 Å². The molecule has 192 valence electrons. The maximum Gasteiger partial charge on any atom is 0.264 e. The van der Waals surface area contributed by atoms with Gasteiger partial charge in [-0.1, -0.05) is 48.5 Å². The maximum atomic E-state index is 13.5. The molecule has 0 bridgehead atoms. The summed E-state index contributed by atoms with van der Waals surface area (Å²) in [6.45, 7) is 0.824. The second-order valence-electron chi connectivity index (χ2n) is 9.01. The number of amides is 2. The minimum absolute atomic E-state index is 0.111. The van der Waals surface area contributed by atoms with Gasteiger partial charge in [0.15, 0.2) is 0 Å². The summed E-state index contributed by atoms with van der Waals surface area (Å²) in [4.78, 5) is 26.7. The standard InChI is InChI=1S/C30H27N3O4S/c34-29-12-7-21-32(29)26-19-17-25(18-20-26)31-30(35)24-15-13-23(14-16-24)22-33(27-8-3-1-4-9-27)38(36,37)28-10-5-2-6-11-28/h1-6,8-11,13-20H,7,12,21-22H2,(H,31,35). The fourth-order valence-electron chi connectivity index (χ4n) is 4.41. The normalized spacial score (nSPS) is 13.4. The van der Waals surface area contributed by atoms with Gasteiger partial charge in [0.1, 0.15) is 0 Å². The smallest absolute Gasteiger partial charge is 0.264 e. The van der Waals surface area contributed by atoms with E-state index in [1.807, 2.05) is 18.2 Å². The zero-order valence-corrected chi connectivity index (χ0v) is 21.5. The quantitative estimate of drug-likeness (QED) is 0.331. The summed E-state index contributed by atoms with van der Waals surface area (Å²) in [7, 11) is -3.80. The molecule has 5 rings (SSSR count). The number of para-hydroxylation sites is 1. The van der Waals surface area contributed by atoms with Crippen LogP contribution in [0.25, 0.3) is 0 Å². The van der Waals surface area contributed by atoms with Gasteiger partial charge in [-0.3, -0.25) is 13.9 Å². The summed E-state index contributed by atoms with van der Waals surface area (Å²) in [5.41, 5.74) is 3.19. The van der Waals surface area contributed by atoms with E-state index in [4.69, 9.17) is 0 Å². The molecule has 0 atom stereocenters. The van der Waals surface area contributed by atoms with Gasteiger partial charge in [-0.2, -0.15) is 0 Å². The predicted molar refractivity (Wildman–Crippen MR) is 149 cm³/mol. The monoisotopic (exact) mass is 525 g/mol. The Hall–Kier alpha value is -4.43. The highest BCUT2D eigenvalue weighted by Gasteiger charge is 2.25. The number of sulfonamides is 1. The molecule has 4 aromatic carbocycles. The Morgan fingerprint density at radius 2 is 1.45 bits per heavy atom. The highest BCUT2D eigenvalue weighted by atomic mass is 32.2. The van der Waals surface area contributed by atoms with E-state index in [1.165, 1.54) is 4.31 Å². The average molecular weight is 526 g/mol. The number of rotatable bonds is 8. The molecule has 1 fully saturated rings.